The second kappa shape index (κ2) is 7.61. The summed E-state index contributed by atoms with van der Waals surface area (Å²) in [6, 6.07) is 0.755. The van der Waals surface area contributed by atoms with Crippen LogP contribution in [0.1, 0.15) is 12.8 Å². The van der Waals surface area contributed by atoms with Gasteiger partial charge in [-0.1, -0.05) is 5.92 Å². The molecule has 0 bridgehead atoms. The maximum atomic E-state index is 5.16. The number of terminal acetylenes is 1. The Morgan fingerprint density at radius 1 is 1.62 bits per heavy atom. The third kappa shape index (κ3) is 5.51. The van der Waals surface area contributed by atoms with Crippen LogP contribution in [0.25, 0.3) is 0 Å². The van der Waals surface area contributed by atoms with Crippen molar-refractivity contribution < 1.29 is 0 Å². The van der Waals surface area contributed by atoms with Gasteiger partial charge in [0.2, 0.25) is 0 Å². The minimum absolute atomic E-state index is 0.755. The molecule has 1 unspecified atom stereocenters. The first-order valence-corrected chi connectivity index (χ1v) is 7.07. The Morgan fingerprint density at radius 3 is 3.23 bits per heavy atom. The summed E-state index contributed by atoms with van der Waals surface area (Å²) in [4.78, 5) is 0. The molecule has 1 nitrogen and oxygen atoms in total. The van der Waals surface area contributed by atoms with Gasteiger partial charge in [-0.05, 0) is 18.6 Å². The minimum atomic E-state index is 0.755. The van der Waals surface area contributed by atoms with E-state index < -0.39 is 0 Å². The molecule has 3 heteroatoms. The summed E-state index contributed by atoms with van der Waals surface area (Å²) in [6.45, 7) is 1.11. The zero-order valence-electron chi connectivity index (χ0n) is 7.92. The zero-order chi connectivity index (χ0) is 9.36. The molecule has 1 aliphatic heterocycles. The zero-order valence-corrected chi connectivity index (χ0v) is 9.55. The lowest BCUT2D eigenvalue weighted by atomic mass is 10.2. The standard InChI is InChI=1S/C10H17NS2/c1-2-6-12-8-5-11-10-4-3-7-13-9-10/h1,10-11H,3-9H2. The highest BCUT2D eigenvalue weighted by atomic mass is 32.2. The van der Waals surface area contributed by atoms with Gasteiger partial charge in [0.05, 0.1) is 5.75 Å². The van der Waals surface area contributed by atoms with Gasteiger partial charge in [-0.2, -0.15) is 11.8 Å². The Labute approximate surface area is 89.8 Å². The van der Waals surface area contributed by atoms with Crippen molar-refractivity contribution in [1.82, 2.24) is 5.32 Å². The van der Waals surface area contributed by atoms with Crippen LogP contribution in [-0.4, -0.2) is 35.6 Å². The smallest absolute Gasteiger partial charge is 0.0545 e. The topological polar surface area (TPSA) is 12.0 Å². The third-order valence-corrected chi connectivity index (χ3v) is 4.10. The molecule has 13 heavy (non-hydrogen) atoms. The lowest BCUT2D eigenvalue weighted by Gasteiger charge is -2.22. The van der Waals surface area contributed by atoms with Gasteiger partial charge in [-0.15, -0.1) is 18.2 Å². The fourth-order valence-electron chi connectivity index (χ4n) is 1.37. The Bertz CT molecular complexity index is 159. The van der Waals surface area contributed by atoms with Crippen LogP contribution in [0.15, 0.2) is 0 Å². The predicted molar refractivity (Wildman–Crippen MR) is 64.5 cm³/mol. The fraction of sp³-hybridized carbons (Fsp3) is 0.800. The molecule has 0 aliphatic carbocycles. The molecule has 0 aromatic carbocycles. The molecule has 0 saturated carbocycles. The van der Waals surface area contributed by atoms with E-state index in [1.807, 2.05) is 11.8 Å². The van der Waals surface area contributed by atoms with Gasteiger partial charge in [-0.25, -0.2) is 0 Å². The summed E-state index contributed by atoms with van der Waals surface area (Å²) >= 11 is 3.91. The van der Waals surface area contributed by atoms with Crippen molar-refractivity contribution in [2.75, 3.05) is 29.6 Å². The average molecular weight is 215 g/mol. The number of hydrogen-bond acceptors (Lipinski definition) is 3. The molecular formula is C10H17NS2. The van der Waals surface area contributed by atoms with Crippen molar-refractivity contribution in [2.24, 2.45) is 0 Å². The van der Waals surface area contributed by atoms with Gasteiger partial charge in [-0.3, -0.25) is 0 Å². The highest BCUT2D eigenvalue weighted by molar-refractivity contribution is 7.99. The third-order valence-electron chi connectivity index (χ3n) is 2.03. The van der Waals surface area contributed by atoms with Gasteiger partial charge >= 0.3 is 0 Å². The van der Waals surface area contributed by atoms with Gasteiger partial charge in [0, 0.05) is 24.1 Å². The Morgan fingerprint density at radius 2 is 2.54 bits per heavy atom. The molecule has 0 aromatic heterocycles. The first-order valence-electron chi connectivity index (χ1n) is 4.76. The van der Waals surface area contributed by atoms with Crippen molar-refractivity contribution in [2.45, 2.75) is 18.9 Å². The highest BCUT2D eigenvalue weighted by Gasteiger charge is 2.11. The summed E-state index contributed by atoms with van der Waals surface area (Å²) in [5.74, 6) is 7.27. The molecule has 1 aliphatic rings. The van der Waals surface area contributed by atoms with Crippen LogP contribution in [0.2, 0.25) is 0 Å². The lowest BCUT2D eigenvalue weighted by molar-refractivity contribution is 0.525. The molecule has 0 aromatic rings. The van der Waals surface area contributed by atoms with Crippen LogP contribution in [-0.2, 0) is 0 Å². The van der Waals surface area contributed by atoms with E-state index in [0.29, 0.717) is 0 Å². The first kappa shape index (κ1) is 11.3. The van der Waals surface area contributed by atoms with E-state index in [0.717, 1.165) is 24.1 Å². The highest BCUT2D eigenvalue weighted by Crippen LogP contribution is 2.16. The summed E-state index contributed by atoms with van der Waals surface area (Å²) in [6.07, 6.45) is 7.89. The molecular weight excluding hydrogens is 198 g/mol. The molecule has 0 amide bonds. The van der Waals surface area contributed by atoms with Crippen LogP contribution in [0.3, 0.4) is 0 Å². The molecule has 1 N–H and O–H groups in total. The summed E-state index contributed by atoms with van der Waals surface area (Å²) < 4.78 is 0. The molecule has 0 spiro atoms. The number of nitrogens with one attached hydrogen (secondary N) is 1. The summed E-state index contributed by atoms with van der Waals surface area (Å²) in [7, 11) is 0. The monoisotopic (exact) mass is 215 g/mol. The number of rotatable bonds is 5. The van der Waals surface area contributed by atoms with E-state index in [4.69, 9.17) is 6.42 Å². The van der Waals surface area contributed by atoms with Crippen molar-refractivity contribution in [1.29, 1.82) is 0 Å². The van der Waals surface area contributed by atoms with E-state index in [9.17, 15) is 0 Å². The SMILES string of the molecule is C#CCSCCNC1CCCSC1. The van der Waals surface area contributed by atoms with Crippen molar-refractivity contribution in [3.8, 4) is 12.3 Å². The van der Waals surface area contributed by atoms with E-state index in [1.165, 1.54) is 24.3 Å². The van der Waals surface area contributed by atoms with Crippen LogP contribution in [0.4, 0.5) is 0 Å². The van der Waals surface area contributed by atoms with E-state index in [-0.39, 0.29) is 0 Å². The van der Waals surface area contributed by atoms with Crippen LogP contribution in [0, 0.1) is 12.3 Å². The van der Waals surface area contributed by atoms with E-state index >= 15 is 0 Å². The number of hydrogen-bond donors (Lipinski definition) is 1. The molecule has 1 rings (SSSR count). The maximum absolute atomic E-state index is 5.16. The number of thioether (sulfide) groups is 2. The summed E-state index contributed by atoms with van der Waals surface area (Å²) in [5, 5.41) is 3.57. The first-order chi connectivity index (χ1) is 6.43. The predicted octanol–water partition coefficient (Wildman–Crippen LogP) is 1.84. The largest absolute Gasteiger partial charge is 0.312 e. The van der Waals surface area contributed by atoms with Gasteiger partial charge in [0.1, 0.15) is 0 Å². The molecule has 0 radical (unpaired) electrons. The Hall–Kier alpha value is 0.220. The summed E-state index contributed by atoms with van der Waals surface area (Å²) in [5.41, 5.74) is 0. The molecule has 1 fully saturated rings. The molecule has 1 saturated heterocycles. The average Bonchev–Trinajstić information content (AvgIpc) is 2.19. The van der Waals surface area contributed by atoms with Gasteiger partial charge in [0.15, 0.2) is 0 Å². The lowest BCUT2D eigenvalue weighted by Crippen LogP contribution is -2.35. The molecule has 74 valence electrons. The quantitative estimate of drug-likeness (QED) is 0.555. The minimum Gasteiger partial charge on any atom is -0.312 e. The van der Waals surface area contributed by atoms with Crippen LogP contribution < -0.4 is 5.32 Å². The second-order valence-corrected chi connectivity index (χ2v) is 5.38. The van der Waals surface area contributed by atoms with Gasteiger partial charge < -0.3 is 5.32 Å². The van der Waals surface area contributed by atoms with Crippen molar-refractivity contribution >= 4 is 23.5 Å². The molecule has 1 atom stereocenters. The Balaban J connectivity index is 1.90. The van der Waals surface area contributed by atoms with Gasteiger partial charge in [0.25, 0.3) is 0 Å². The maximum Gasteiger partial charge on any atom is 0.0545 e. The molecule has 1 heterocycles. The van der Waals surface area contributed by atoms with Crippen molar-refractivity contribution in [3.63, 3.8) is 0 Å². The Kier molecular flexibility index (Phi) is 6.61. The van der Waals surface area contributed by atoms with E-state index in [2.05, 4.69) is 23.0 Å². The van der Waals surface area contributed by atoms with Crippen molar-refractivity contribution in [3.05, 3.63) is 0 Å². The normalized spacial score (nSPS) is 22.5. The fourth-order valence-corrected chi connectivity index (χ4v) is 3.00. The van der Waals surface area contributed by atoms with Crippen LogP contribution >= 0.6 is 23.5 Å². The van der Waals surface area contributed by atoms with Crippen LogP contribution in [0.5, 0.6) is 0 Å². The van der Waals surface area contributed by atoms with E-state index in [1.54, 1.807) is 0 Å². The second-order valence-electron chi connectivity index (χ2n) is 3.12.